The minimum atomic E-state index is -0.130. The van der Waals surface area contributed by atoms with Gasteiger partial charge in [0.25, 0.3) is 5.91 Å². The fourth-order valence-corrected chi connectivity index (χ4v) is 3.26. The summed E-state index contributed by atoms with van der Waals surface area (Å²) in [6, 6.07) is 9.30. The number of carbonyl (C=O) groups is 1. The molecule has 3 aromatic rings. The molecule has 3 heterocycles. The Balaban J connectivity index is 1.84. The van der Waals surface area contributed by atoms with Crippen LogP contribution in [0.4, 0.5) is 0 Å². The van der Waals surface area contributed by atoms with Crippen molar-refractivity contribution in [2.24, 2.45) is 0 Å². The smallest absolute Gasteiger partial charge is 0.274 e. The number of rotatable bonds is 7. The second kappa shape index (κ2) is 8.04. The number of pyridine rings is 1. The van der Waals surface area contributed by atoms with Gasteiger partial charge in [0, 0.05) is 24.7 Å². The van der Waals surface area contributed by atoms with E-state index >= 15 is 0 Å². The summed E-state index contributed by atoms with van der Waals surface area (Å²) in [5.41, 5.74) is 1.27. The van der Waals surface area contributed by atoms with Crippen LogP contribution in [0.2, 0.25) is 0 Å². The van der Waals surface area contributed by atoms with Crippen molar-refractivity contribution in [1.29, 1.82) is 0 Å². The Hall–Kier alpha value is -2.51. The zero-order valence-corrected chi connectivity index (χ0v) is 15.0. The third-order valence-corrected chi connectivity index (χ3v) is 4.65. The second-order valence-electron chi connectivity index (χ2n) is 5.44. The molecule has 0 N–H and O–H groups in total. The summed E-state index contributed by atoms with van der Waals surface area (Å²) in [6.45, 7) is 3.23. The zero-order chi connectivity index (χ0) is 17.6. The Kier molecular flexibility index (Phi) is 5.57. The molecule has 130 valence electrons. The lowest BCUT2D eigenvalue weighted by molar-refractivity contribution is 0.0672. The number of thiazole rings is 1. The van der Waals surface area contributed by atoms with Crippen LogP contribution in [0.5, 0.6) is 0 Å². The first-order valence-electron chi connectivity index (χ1n) is 7.88. The zero-order valence-electron chi connectivity index (χ0n) is 14.1. The van der Waals surface area contributed by atoms with Crippen LogP contribution in [0, 0.1) is 6.92 Å². The SMILES string of the molecule is COCCN(Cc1ccccn1)C(=O)c1nc(-c2ccco2)sc1C. The van der Waals surface area contributed by atoms with Crippen molar-refractivity contribution in [1.82, 2.24) is 14.9 Å². The molecule has 1 amide bonds. The van der Waals surface area contributed by atoms with E-state index in [9.17, 15) is 4.79 Å². The molecule has 0 fully saturated rings. The Morgan fingerprint density at radius 3 is 2.88 bits per heavy atom. The Morgan fingerprint density at radius 2 is 2.20 bits per heavy atom. The molecule has 0 saturated carbocycles. The summed E-state index contributed by atoms with van der Waals surface area (Å²) in [4.78, 5) is 24.4. The molecule has 0 atom stereocenters. The van der Waals surface area contributed by atoms with Crippen LogP contribution in [-0.2, 0) is 11.3 Å². The minimum Gasteiger partial charge on any atom is -0.462 e. The number of carbonyl (C=O) groups excluding carboxylic acids is 1. The molecule has 3 rings (SSSR count). The number of methoxy groups -OCH3 is 1. The summed E-state index contributed by atoms with van der Waals surface area (Å²) in [7, 11) is 1.62. The van der Waals surface area contributed by atoms with Gasteiger partial charge in [0.2, 0.25) is 0 Å². The predicted molar refractivity (Wildman–Crippen MR) is 95.4 cm³/mol. The van der Waals surface area contributed by atoms with Crippen molar-refractivity contribution in [3.63, 3.8) is 0 Å². The number of furan rings is 1. The summed E-state index contributed by atoms with van der Waals surface area (Å²) < 4.78 is 10.5. The molecule has 25 heavy (non-hydrogen) atoms. The van der Waals surface area contributed by atoms with Crippen molar-refractivity contribution in [2.75, 3.05) is 20.3 Å². The molecule has 0 radical (unpaired) electrons. The second-order valence-corrected chi connectivity index (χ2v) is 6.64. The van der Waals surface area contributed by atoms with E-state index in [1.165, 1.54) is 11.3 Å². The first kappa shape index (κ1) is 17.3. The molecule has 0 aliphatic carbocycles. The molecule has 0 unspecified atom stereocenters. The van der Waals surface area contributed by atoms with Crippen LogP contribution in [0.15, 0.2) is 47.2 Å². The van der Waals surface area contributed by atoms with E-state index in [1.54, 1.807) is 30.5 Å². The lowest BCUT2D eigenvalue weighted by Crippen LogP contribution is -2.34. The number of hydrogen-bond acceptors (Lipinski definition) is 6. The largest absolute Gasteiger partial charge is 0.462 e. The minimum absolute atomic E-state index is 0.130. The molecule has 0 saturated heterocycles. The lowest BCUT2D eigenvalue weighted by atomic mass is 10.2. The van der Waals surface area contributed by atoms with Crippen molar-refractivity contribution in [3.05, 3.63) is 59.1 Å². The molecule has 0 aliphatic rings. The van der Waals surface area contributed by atoms with Crippen LogP contribution in [-0.4, -0.2) is 41.0 Å². The molecular formula is C18H19N3O3S. The van der Waals surface area contributed by atoms with Gasteiger partial charge < -0.3 is 14.1 Å². The summed E-state index contributed by atoms with van der Waals surface area (Å²) in [5.74, 6) is 0.537. The van der Waals surface area contributed by atoms with Gasteiger partial charge in [-0.1, -0.05) is 6.07 Å². The lowest BCUT2D eigenvalue weighted by Gasteiger charge is -2.21. The highest BCUT2D eigenvalue weighted by Gasteiger charge is 2.23. The Bertz CT molecular complexity index is 815. The molecule has 0 aromatic carbocycles. The molecule has 0 spiro atoms. The van der Waals surface area contributed by atoms with Crippen LogP contribution < -0.4 is 0 Å². The highest BCUT2D eigenvalue weighted by atomic mass is 32.1. The third kappa shape index (κ3) is 4.12. The van der Waals surface area contributed by atoms with Crippen molar-refractivity contribution in [3.8, 4) is 10.8 Å². The van der Waals surface area contributed by atoms with Crippen LogP contribution >= 0.6 is 11.3 Å². The predicted octanol–water partition coefficient (Wildman–Crippen LogP) is 3.40. The number of ether oxygens (including phenoxy) is 1. The fourth-order valence-electron chi connectivity index (χ4n) is 2.39. The van der Waals surface area contributed by atoms with E-state index in [0.717, 1.165) is 10.6 Å². The molecule has 0 bridgehead atoms. The molecule has 0 aliphatic heterocycles. The van der Waals surface area contributed by atoms with Gasteiger partial charge in [0.05, 0.1) is 25.1 Å². The van der Waals surface area contributed by atoms with E-state index in [0.29, 0.717) is 36.2 Å². The first-order chi connectivity index (χ1) is 12.2. The van der Waals surface area contributed by atoms with Gasteiger partial charge in [-0.15, -0.1) is 11.3 Å². The average Bonchev–Trinajstić information content (AvgIpc) is 3.28. The third-order valence-electron chi connectivity index (χ3n) is 3.66. The quantitative estimate of drug-likeness (QED) is 0.648. The van der Waals surface area contributed by atoms with E-state index in [2.05, 4.69) is 9.97 Å². The average molecular weight is 357 g/mol. The van der Waals surface area contributed by atoms with E-state index in [-0.39, 0.29) is 5.91 Å². The van der Waals surface area contributed by atoms with Crippen LogP contribution in [0.25, 0.3) is 10.8 Å². The molecule has 6 nitrogen and oxygen atoms in total. The number of amides is 1. The number of aryl methyl sites for hydroxylation is 1. The van der Waals surface area contributed by atoms with Gasteiger partial charge in [-0.25, -0.2) is 4.98 Å². The maximum Gasteiger partial charge on any atom is 0.274 e. The molecular weight excluding hydrogens is 338 g/mol. The normalized spacial score (nSPS) is 10.8. The molecule has 7 heteroatoms. The number of nitrogens with zero attached hydrogens (tertiary/aromatic N) is 3. The summed E-state index contributed by atoms with van der Waals surface area (Å²) in [5, 5.41) is 0.704. The summed E-state index contributed by atoms with van der Waals surface area (Å²) in [6.07, 6.45) is 3.32. The summed E-state index contributed by atoms with van der Waals surface area (Å²) >= 11 is 1.45. The highest BCUT2D eigenvalue weighted by molar-refractivity contribution is 7.15. The van der Waals surface area contributed by atoms with Gasteiger partial charge in [-0.2, -0.15) is 0 Å². The van der Waals surface area contributed by atoms with Crippen LogP contribution in [0.1, 0.15) is 21.1 Å². The van der Waals surface area contributed by atoms with Gasteiger partial charge in [-0.3, -0.25) is 9.78 Å². The first-order valence-corrected chi connectivity index (χ1v) is 8.70. The van der Waals surface area contributed by atoms with Crippen LogP contribution in [0.3, 0.4) is 0 Å². The monoisotopic (exact) mass is 357 g/mol. The highest BCUT2D eigenvalue weighted by Crippen LogP contribution is 2.28. The Morgan fingerprint density at radius 1 is 1.32 bits per heavy atom. The maximum atomic E-state index is 13.0. The van der Waals surface area contributed by atoms with Gasteiger partial charge in [-0.05, 0) is 31.2 Å². The van der Waals surface area contributed by atoms with Crippen molar-refractivity contribution < 1.29 is 13.9 Å². The van der Waals surface area contributed by atoms with Crippen molar-refractivity contribution >= 4 is 17.2 Å². The number of aromatic nitrogens is 2. The van der Waals surface area contributed by atoms with E-state index < -0.39 is 0 Å². The Labute approximate surface area is 150 Å². The fraction of sp³-hybridized carbons (Fsp3) is 0.278. The molecule has 3 aromatic heterocycles. The van der Waals surface area contributed by atoms with Gasteiger partial charge >= 0.3 is 0 Å². The van der Waals surface area contributed by atoms with Crippen molar-refractivity contribution in [2.45, 2.75) is 13.5 Å². The van der Waals surface area contributed by atoms with Gasteiger partial charge in [0.1, 0.15) is 5.69 Å². The van der Waals surface area contributed by atoms with Gasteiger partial charge in [0.15, 0.2) is 10.8 Å². The maximum absolute atomic E-state index is 13.0. The standard InChI is InChI=1S/C18H19N3O3S/c1-13-16(20-17(25-13)15-7-5-10-24-15)18(22)21(9-11-23-2)12-14-6-3-4-8-19-14/h3-8,10H,9,11-12H2,1-2H3. The van der Waals surface area contributed by atoms with E-state index in [4.69, 9.17) is 9.15 Å². The van der Waals surface area contributed by atoms with E-state index in [1.807, 2.05) is 31.2 Å². The topological polar surface area (TPSA) is 68.5 Å². The number of hydrogen-bond donors (Lipinski definition) is 0.